The van der Waals surface area contributed by atoms with E-state index >= 15 is 0 Å². The second-order valence-corrected chi connectivity index (χ2v) is 31.0. The Morgan fingerprint density at radius 2 is 0.616 bits per heavy atom. The van der Waals surface area contributed by atoms with E-state index in [1.54, 1.807) is 0 Å². The standard InChI is InChI=1S/C48H76N4O55S5/c53-2-8-27(17(58)12(41(76)93-8)49-108(77,78)79)99-46-24(65)21(62)31(34(105-46)38(70)71)102-43-14(51-110(83,84)85)19(60)29(10(4-55)96-43)100-47-25(66)22(63)33(36(106-47)40(74)75)104-44-15(52-111(86,87)88)20(61)30(11(97-44)5-92-112(89,90)91)101-48-26(67)23(64)32(35(107-48)39(72)73)103-42-13(50-109(80,81)82)18(59)28(9(3-54)95-42)98-45-16(57)6(56)1-7(94-45)37(68)69/h1,6,8-36,41-67,76H,2-5H2,(H,68,69)(H,70,71)(H,72,73)(H,74,75)(H,77,78,79)(H,80,81,82)(H,83,84,85)(H,86,87,88)(H,89,90,91)/t6-,8+,9+,10+,11+,12+,13+,14+,15+,16+,17+,18+,19+,20+,21+,22+,23+,24+,25+,26+,27+,28+,29+,30+,31-,32-,33-,34?,35?,36?,41-,42+,43+,44+,45-,46?,47?,48?/m0/s1. The van der Waals surface area contributed by atoms with Gasteiger partial charge in [-0.15, -0.1) is 0 Å². The molecule has 7 saturated heterocycles. The highest BCUT2D eigenvalue weighted by Crippen LogP contribution is 2.40. The van der Waals surface area contributed by atoms with E-state index in [1.165, 1.54) is 18.9 Å². The van der Waals surface area contributed by atoms with Crippen LogP contribution in [0.25, 0.3) is 0 Å². The number of aliphatic hydroxyl groups is 16. The summed E-state index contributed by atoms with van der Waals surface area (Å²) in [6.07, 6.45) is -88.2. The highest BCUT2D eigenvalue weighted by molar-refractivity contribution is 7.84. The Morgan fingerprint density at radius 3 is 0.911 bits per heavy atom. The lowest BCUT2D eigenvalue weighted by Crippen LogP contribution is -2.71. The number of carboxylic acid groups (broad SMARTS) is 4. The fraction of sp³-hybridized carbons (Fsp3) is 0.875. The number of hydrogen-bond acceptors (Lipinski definition) is 46. The molecule has 64 heteroatoms. The van der Waals surface area contributed by atoms with E-state index in [1.807, 2.05) is 0 Å². The molecule has 8 aliphatic rings. The summed E-state index contributed by atoms with van der Waals surface area (Å²) in [6.45, 7) is -5.86. The summed E-state index contributed by atoms with van der Waals surface area (Å²) in [6, 6.07) is -10.4. The quantitative estimate of drug-likeness (QED) is 0.0278. The van der Waals surface area contributed by atoms with Crippen molar-refractivity contribution in [3.63, 3.8) is 0 Å². The summed E-state index contributed by atoms with van der Waals surface area (Å²) in [4.78, 5) is 50.4. The first-order chi connectivity index (χ1) is 51.7. The van der Waals surface area contributed by atoms with E-state index in [4.69, 9.17) is 71.1 Å². The SMILES string of the molecule is O=C(O)C1=C[C@H](O)[C@@H](O)[C@H](O[C@H]2[C@H](O)[C@@H](NS(=O)(=O)O)[C@@H](O[C@@H]3C(C(=O)O)OC(O[C@H]4[C@H](O)[C@@H](NS(=O)(=O)O)[C@@H](O[C@@H]5C(C(=O)O)OC(O[C@H]6[C@H](O)[C@@H](NS(=O)(=O)O)[C@@H](O[C@@H]7C(C(=O)O)OC(O[C@H]8[C@H](O)[C@@H](NS(=O)(=O)O)[C@@H](O)O[C@@H]8CO)[C@H](O)[C@H]7O)O[C@@H]6CO)[C@H](O)[C@H]5O)O[C@@H]4COS(=O)(=O)O)[C@H](O)[C@H]3O)O[C@@H]2CO)O1. The molecule has 8 rings (SSSR count). The van der Waals surface area contributed by atoms with E-state index in [0.29, 0.717) is 6.08 Å². The van der Waals surface area contributed by atoms with Crippen molar-refractivity contribution in [2.24, 2.45) is 0 Å². The van der Waals surface area contributed by atoms with Gasteiger partial charge < -0.3 is 173 Å². The summed E-state index contributed by atoms with van der Waals surface area (Å²) in [5.41, 5.74) is 0. The van der Waals surface area contributed by atoms with Crippen molar-refractivity contribution >= 4 is 75.5 Å². The third kappa shape index (κ3) is 22.3. The smallest absolute Gasteiger partial charge is 0.397 e. The molecular formula is C48H76N4O55S5. The van der Waals surface area contributed by atoms with Gasteiger partial charge in [-0.25, -0.2) is 23.4 Å². The molecule has 8 heterocycles. The highest BCUT2D eigenvalue weighted by atomic mass is 32.3. The van der Waals surface area contributed by atoms with Crippen molar-refractivity contribution in [3.8, 4) is 0 Å². The minimum Gasteiger partial charge on any atom is -0.479 e. The monoisotopic (exact) mass is 1750 g/mol. The van der Waals surface area contributed by atoms with Crippen LogP contribution in [0.2, 0.25) is 0 Å². The molecule has 0 aromatic carbocycles. The van der Waals surface area contributed by atoms with Gasteiger partial charge in [0.25, 0.3) is 0 Å². The Morgan fingerprint density at radius 1 is 0.339 bits per heavy atom. The van der Waals surface area contributed by atoms with Crippen LogP contribution in [0, 0.1) is 0 Å². The van der Waals surface area contributed by atoms with Gasteiger partial charge in [0.2, 0.25) is 12.0 Å². The Bertz CT molecular complexity index is 3890. The number of nitrogens with one attached hydrogen (secondary N) is 4. The summed E-state index contributed by atoms with van der Waals surface area (Å²) < 4.78 is 261. The zero-order chi connectivity index (χ0) is 84.0. The van der Waals surface area contributed by atoms with Gasteiger partial charge in [-0.3, -0.25) is 22.8 Å². The van der Waals surface area contributed by atoms with Gasteiger partial charge in [-0.2, -0.15) is 61.0 Å². The van der Waals surface area contributed by atoms with E-state index < -0.39 is 341 Å². The molecule has 0 aromatic rings. The number of aliphatic hydroxyl groups excluding tert-OH is 16. The van der Waals surface area contributed by atoms with E-state index in [2.05, 4.69) is 4.18 Å². The fourth-order valence-corrected chi connectivity index (χ4v) is 15.2. The van der Waals surface area contributed by atoms with Crippen LogP contribution in [-0.4, -0.2) is 450 Å². The maximum atomic E-state index is 13.1. The number of carboxylic acids is 4. The summed E-state index contributed by atoms with van der Waals surface area (Å²) in [7, 11) is -28.3. The van der Waals surface area contributed by atoms with Crippen molar-refractivity contribution in [3.05, 3.63) is 11.8 Å². The molecule has 0 aromatic heterocycles. The number of aliphatic carboxylic acids is 4. The second kappa shape index (κ2) is 36.8. The molecule has 6 unspecified atom stereocenters. The lowest BCUT2D eigenvalue weighted by atomic mass is 9.94. The normalized spacial score (nSPS) is 44.1. The minimum absolute atomic E-state index is 0.498. The maximum absolute atomic E-state index is 13.1. The van der Waals surface area contributed by atoms with E-state index in [0.717, 1.165) is 0 Å². The minimum atomic E-state index is -5.88. The fourth-order valence-electron chi connectivity index (χ4n) is 12.5. The van der Waals surface area contributed by atoms with Crippen LogP contribution in [0.1, 0.15) is 0 Å². The summed E-state index contributed by atoms with van der Waals surface area (Å²) in [5, 5.41) is 217. The van der Waals surface area contributed by atoms with Gasteiger partial charge in [0.15, 0.2) is 62.3 Å². The molecule has 29 N–H and O–H groups in total. The first-order valence-corrected chi connectivity index (χ1v) is 38.6. The number of ether oxygens (including phenoxy) is 15. The van der Waals surface area contributed by atoms with Crippen LogP contribution >= 0.6 is 0 Å². The Kier molecular flexibility index (Phi) is 30.6. The van der Waals surface area contributed by atoms with Crippen LogP contribution in [0.15, 0.2) is 11.8 Å². The van der Waals surface area contributed by atoms with E-state index in [-0.39, 0.29) is 0 Å². The Hall–Kier alpha value is -4.43. The zero-order valence-corrected chi connectivity index (χ0v) is 59.4. The number of carbonyl (C=O) groups is 4. The third-order valence-electron chi connectivity index (χ3n) is 17.6. The van der Waals surface area contributed by atoms with Gasteiger partial charge in [0.05, 0.1) is 26.4 Å². The van der Waals surface area contributed by atoms with Crippen LogP contribution < -0.4 is 18.9 Å². The predicted molar refractivity (Wildman–Crippen MR) is 325 cm³/mol. The molecule has 0 radical (unpaired) electrons. The number of rotatable bonds is 32. The molecular weight excluding hydrogens is 1670 g/mol. The van der Waals surface area contributed by atoms with Crippen LogP contribution in [0.3, 0.4) is 0 Å². The topological polar surface area (TPSA) is 941 Å². The van der Waals surface area contributed by atoms with Gasteiger partial charge in [0.1, 0.15) is 165 Å². The maximum Gasteiger partial charge on any atom is 0.397 e. The van der Waals surface area contributed by atoms with Crippen LogP contribution in [0.5, 0.6) is 0 Å². The Balaban J connectivity index is 1.01. The van der Waals surface area contributed by atoms with Crippen molar-refractivity contribution in [2.75, 3.05) is 26.4 Å². The van der Waals surface area contributed by atoms with Crippen LogP contribution in [-0.2, 0) is 146 Å². The van der Waals surface area contributed by atoms with Gasteiger partial charge in [-0.1, -0.05) is 0 Å². The first kappa shape index (κ1) is 93.1. The number of hydrogen-bond donors (Lipinski definition) is 29. The first-order valence-electron chi connectivity index (χ1n) is 31.4. The Labute approximate surface area is 625 Å². The van der Waals surface area contributed by atoms with Crippen molar-refractivity contribution in [1.29, 1.82) is 0 Å². The summed E-state index contributed by atoms with van der Waals surface area (Å²) in [5.74, 6) is -9.75. The molecule has 0 amide bonds. The summed E-state index contributed by atoms with van der Waals surface area (Å²) >= 11 is 0. The average Bonchev–Trinajstić information content (AvgIpc) is 0.760. The lowest BCUT2D eigenvalue weighted by Gasteiger charge is -2.50. The van der Waals surface area contributed by atoms with Gasteiger partial charge >= 0.3 is 75.5 Å². The highest BCUT2D eigenvalue weighted by Gasteiger charge is 2.62. The molecule has 59 nitrogen and oxygen atoms in total. The molecule has 0 spiro atoms. The molecule has 38 atom stereocenters. The molecule has 112 heavy (non-hydrogen) atoms. The molecule has 0 saturated carbocycles. The largest absolute Gasteiger partial charge is 0.479 e. The van der Waals surface area contributed by atoms with Crippen LogP contribution in [0.4, 0.5) is 0 Å². The van der Waals surface area contributed by atoms with Crippen molar-refractivity contribution < 1.29 is 261 Å². The lowest BCUT2D eigenvalue weighted by molar-refractivity contribution is -0.381. The van der Waals surface area contributed by atoms with Gasteiger partial charge in [-0.05, 0) is 6.08 Å². The predicted octanol–water partition coefficient (Wildman–Crippen LogP) is -19.5. The molecule has 0 bridgehead atoms. The molecule has 8 aliphatic heterocycles. The van der Waals surface area contributed by atoms with Crippen molar-refractivity contribution in [1.82, 2.24) is 18.9 Å². The second-order valence-electron chi connectivity index (χ2n) is 25.1. The van der Waals surface area contributed by atoms with E-state index in [9.17, 15) is 186 Å². The van der Waals surface area contributed by atoms with Gasteiger partial charge in [0, 0.05) is 0 Å². The molecule has 648 valence electrons. The average molecular weight is 1750 g/mol. The molecule has 7 fully saturated rings. The third-order valence-corrected chi connectivity index (χ3v) is 20.3. The van der Waals surface area contributed by atoms with Crippen molar-refractivity contribution in [2.45, 2.75) is 233 Å². The molecule has 0 aliphatic carbocycles. The zero-order valence-electron chi connectivity index (χ0n) is 55.3.